The number of carbonyl (C=O) groups is 1. The van der Waals surface area contributed by atoms with Gasteiger partial charge in [0.2, 0.25) is 10.0 Å². The second-order valence-electron chi connectivity index (χ2n) is 6.35. The van der Waals surface area contributed by atoms with Crippen molar-refractivity contribution in [1.82, 2.24) is 10.0 Å². The van der Waals surface area contributed by atoms with Crippen LogP contribution in [-0.2, 0) is 14.8 Å². The van der Waals surface area contributed by atoms with Crippen molar-refractivity contribution >= 4 is 22.0 Å². The molecule has 0 saturated carbocycles. The van der Waals surface area contributed by atoms with Gasteiger partial charge in [-0.25, -0.2) is 8.42 Å². The fourth-order valence-corrected chi connectivity index (χ4v) is 2.77. The molecule has 0 atom stereocenters. The van der Waals surface area contributed by atoms with E-state index in [1.165, 1.54) is 6.08 Å². The van der Waals surface area contributed by atoms with Crippen molar-refractivity contribution in [3.05, 3.63) is 35.9 Å². The van der Waals surface area contributed by atoms with E-state index in [0.29, 0.717) is 6.61 Å². The maximum absolute atomic E-state index is 11.9. The van der Waals surface area contributed by atoms with E-state index in [-0.39, 0.29) is 23.3 Å². The number of carbonyl (C=O) groups excluding carboxylic acids is 1. The zero-order chi connectivity index (χ0) is 19.6. The predicted molar refractivity (Wildman–Crippen MR) is 101 cm³/mol. The molecule has 7 nitrogen and oxygen atoms in total. The minimum Gasteiger partial charge on any atom is -0.494 e. The molecular weight excluding hydrogens is 356 g/mol. The van der Waals surface area contributed by atoms with Gasteiger partial charge in [0.05, 0.1) is 12.4 Å². The molecule has 0 spiro atoms. The summed E-state index contributed by atoms with van der Waals surface area (Å²) in [5, 5.41) is 9.53. The van der Waals surface area contributed by atoms with Gasteiger partial charge in [0, 0.05) is 6.42 Å². The molecule has 0 radical (unpaired) electrons. The molecule has 1 rings (SSSR count). The van der Waals surface area contributed by atoms with Crippen LogP contribution in [0.2, 0.25) is 0 Å². The molecule has 0 aliphatic carbocycles. The summed E-state index contributed by atoms with van der Waals surface area (Å²) in [7, 11) is -3.86. The van der Waals surface area contributed by atoms with Crippen molar-refractivity contribution in [3.8, 4) is 5.75 Å². The number of ether oxygens (including phenoxy) is 1. The van der Waals surface area contributed by atoms with Crippen LogP contribution in [0.1, 0.15) is 45.6 Å². The molecule has 0 heterocycles. The van der Waals surface area contributed by atoms with Gasteiger partial charge in [-0.05, 0) is 30.0 Å². The summed E-state index contributed by atoms with van der Waals surface area (Å²) in [5.41, 5.74) is 0.819. The summed E-state index contributed by atoms with van der Waals surface area (Å²) in [6.45, 7) is 6.35. The lowest BCUT2D eigenvalue weighted by Gasteiger charge is -2.16. The number of amides is 1. The van der Waals surface area contributed by atoms with Crippen molar-refractivity contribution in [2.75, 3.05) is 12.4 Å². The summed E-state index contributed by atoms with van der Waals surface area (Å²) in [4.78, 5) is 13.4. The summed E-state index contributed by atoms with van der Waals surface area (Å²) in [6.07, 6.45) is 5.19. The van der Waals surface area contributed by atoms with Crippen LogP contribution in [0.25, 0.3) is 6.08 Å². The summed E-state index contributed by atoms with van der Waals surface area (Å²) in [6, 6.07) is 7.29. The van der Waals surface area contributed by atoms with E-state index < -0.39 is 15.9 Å². The van der Waals surface area contributed by atoms with E-state index in [1.807, 2.05) is 29.1 Å². The lowest BCUT2D eigenvalue weighted by molar-refractivity contribution is -0.173. The van der Waals surface area contributed by atoms with Crippen LogP contribution >= 0.6 is 0 Å². The molecule has 8 heteroatoms. The maximum Gasteiger partial charge on any atom is 0.262 e. The molecule has 1 aromatic rings. The minimum atomic E-state index is -3.86. The molecule has 1 amide bonds. The van der Waals surface area contributed by atoms with Crippen molar-refractivity contribution in [3.63, 3.8) is 0 Å². The Bertz CT molecular complexity index is 684. The van der Waals surface area contributed by atoms with E-state index in [2.05, 4.69) is 6.92 Å². The first-order chi connectivity index (χ1) is 12.2. The highest BCUT2D eigenvalue weighted by Crippen LogP contribution is 2.13. The Morgan fingerprint density at radius 3 is 2.54 bits per heavy atom. The normalized spacial score (nSPS) is 11.9. The molecule has 0 bridgehead atoms. The molecule has 0 aliphatic rings. The van der Waals surface area contributed by atoms with Gasteiger partial charge in [-0.2, -0.15) is 0 Å². The Morgan fingerprint density at radius 1 is 1.31 bits per heavy atom. The summed E-state index contributed by atoms with van der Waals surface area (Å²) >= 11 is 0. The van der Waals surface area contributed by atoms with Crippen LogP contribution < -0.4 is 9.57 Å². The van der Waals surface area contributed by atoms with Crippen molar-refractivity contribution in [2.24, 2.45) is 5.92 Å². The van der Waals surface area contributed by atoms with E-state index in [1.54, 1.807) is 19.9 Å². The van der Waals surface area contributed by atoms with Gasteiger partial charge in [0.25, 0.3) is 5.91 Å². The molecule has 0 saturated heterocycles. The van der Waals surface area contributed by atoms with E-state index in [0.717, 1.165) is 24.2 Å². The van der Waals surface area contributed by atoms with Crippen molar-refractivity contribution in [2.45, 2.75) is 40.0 Å². The molecule has 0 aromatic heterocycles. The van der Waals surface area contributed by atoms with Gasteiger partial charge >= 0.3 is 0 Å². The van der Waals surface area contributed by atoms with E-state index in [9.17, 15) is 18.4 Å². The molecule has 0 unspecified atom stereocenters. The average molecular weight is 384 g/mol. The Kier molecular flexibility index (Phi) is 9.32. The molecule has 26 heavy (non-hydrogen) atoms. The fourth-order valence-electron chi connectivity index (χ4n) is 1.98. The number of unbranched alkanes of at least 4 members (excludes halogenated alkanes) is 1. The SMILES string of the molecule is CCCCOc1ccc(C=CCS(=O)(=O)NN(O)C(=O)CC(C)C)cc1. The maximum atomic E-state index is 11.9. The molecule has 2 N–H and O–H groups in total. The monoisotopic (exact) mass is 384 g/mol. The number of rotatable bonds is 11. The number of hydrogen-bond acceptors (Lipinski definition) is 5. The highest BCUT2D eigenvalue weighted by atomic mass is 32.2. The number of hydrazine groups is 1. The second kappa shape index (κ2) is 10.9. The van der Waals surface area contributed by atoms with Crippen LogP contribution in [-0.4, -0.2) is 37.1 Å². The Hall–Kier alpha value is -1.90. The Balaban J connectivity index is 2.52. The largest absolute Gasteiger partial charge is 0.494 e. The Labute approximate surface area is 155 Å². The first-order valence-corrected chi connectivity index (χ1v) is 10.3. The van der Waals surface area contributed by atoms with Crippen molar-refractivity contribution in [1.29, 1.82) is 0 Å². The number of benzene rings is 1. The molecule has 0 fully saturated rings. The minimum absolute atomic E-state index is 0.00970. The average Bonchev–Trinajstić information content (AvgIpc) is 2.55. The lowest BCUT2D eigenvalue weighted by Crippen LogP contribution is -2.44. The van der Waals surface area contributed by atoms with Gasteiger partial charge in [-0.15, -0.1) is 5.17 Å². The number of hydrogen-bond donors (Lipinski definition) is 2. The first-order valence-electron chi connectivity index (χ1n) is 8.65. The van der Waals surface area contributed by atoms with Crippen LogP contribution in [0.3, 0.4) is 0 Å². The van der Waals surface area contributed by atoms with E-state index in [4.69, 9.17) is 4.74 Å². The second-order valence-corrected chi connectivity index (χ2v) is 8.10. The lowest BCUT2D eigenvalue weighted by atomic mass is 10.1. The third-order valence-corrected chi connectivity index (χ3v) is 4.40. The number of nitrogens with one attached hydrogen (secondary N) is 1. The predicted octanol–water partition coefficient (Wildman–Crippen LogP) is 2.98. The van der Waals surface area contributed by atoms with E-state index >= 15 is 0 Å². The smallest absolute Gasteiger partial charge is 0.262 e. The highest BCUT2D eigenvalue weighted by Gasteiger charge is 2.18. The summed E-state index contributed by atoms with van der Waals surface area (Å²) < 4.78 is 29.3. The first kappa shape index (κ1) is 22.1. The number of sulfonamides is 1. The van der Waals surface area contributed by atoms with Crippen LogP contribution in [0.5, 0.6) is 5.75 Å². The van der Waals surface area contributed by atoms with Gasteiger partial charge < -0.3 is 4.74 Å². The van der Waals surface area contributed by atoms with Crippen LogP contribution in [0.4, 0.5) is 0 Å². The standard InChI is InChI=1S/C18H28N2O5S/c1-4-5-12-25-17-10-8-16(9-11-17)7-6-13-26(23,24)19-20(22)18(21)14-15(2)3/h6-11,15,19,22H,4-5,12-14H2,1-3H3. The Morgan fingerprint density at radius 2 is 1.96 bits per heavy atom. The van der Waals surface area contributed by atoms with Crippen molar-refractivity contribution < 1.29 is 23.2 Å². The molecule has 0 aliphatic heterocycles. The van der Waals surface area contributed by atoms with Gasteiger partial charge in [0.15, 0.2) is 0 Å². The molecule has 146 valence electrons. The summed E-state index contributed by atoms with van der Waals surface area (Å²) in [5.74, 6) is -0.292. The third kappa shape index (κ3) is 8.98. The molecular formula is C18H28N2O5S. The van der Waals surface area contributed by atoms with Crippen LogP contribution in [0.15, 0.2) is 30.3 Å². The van der Waals surface area contributed by atoms with Crippen LogP contribution in [0, 0.1) is 5.92 Å². The third-order valence-electron chi connectivity index (χ3n) is 3.32. The topological polar surface area (TPSA) is 95.9 Å². The molecule has 1 aromatic carbocycles. The number of hydroxylamine groups is 1. The highest BCUT2D eigenvalue weighted by molar-refractivity contribution is 7.89. The fraction of sp³-hybridized carbons (Fsp3) is 0.500. The van der Waals surface area contributed by atoms with Gasteiger partial charge in [0.1, 0.15) is 5.75 Å². The quantitative estimate of drug-likeness (QED) is 0.347. The number of nitrogens with zero attached hydrogens (tertiary/aromatic N) is 1. The zero-order valence-electron chi connectivity index (χ0n) is 15.5. The zero-order valence-corrected chi connectivity index (χ0v) is 16.3. The van der Waals surface area contributed by atoms with Gasteiger partial charge in [-0.1, -0.05) is 56.3 Å². The van der Waals surface area contributed by atoms with Gasteiger partial charge in [-0.3, -0.25) is 10.0 Å².